The summed E-state index contributed by atoms with van der Waals surface area (Å²) in [5.74, 6) is 0.394. The van der Waals surface area contributed by atoms with Gasteiger partial charge in [0.15, 0.2) is 0 Å². The Morgan fingerprint density at radius 2 is 2.00 bits per heavy atom. The van der Waals surface area contributed by atoms with Crippen LogP contribution in [0.4, 0.5) is 0 Å². The number of ether oxygens (including phenoxy) is 2. The van der Waals surface area contributed by atoms with Crippen molar-refractivity contribution in [1.82, 2.24) is 0 Å². The lowest BCUT2D eigenvalue weighted by atomic mass is 10.1. The SMILES string of the molecule is COC(=O)c1ccc(I)c(OC)c1C. The Morgan fingerprint density at radius 1 is 1.36 bits per heavy atom. The molecule has 0 aliphatic carbocycles. The number of methoxy groups -OCH3 is 2. The van der Waals surface area contributed by atoms with E-state index in [-0.39, 0.29) is 5.97 Å². The van der Waals surface area contributed by atoms with Crippen LogP contribution in [0.1, 0.15) is 15.9 Å². The number of benzene rings is 1. The molecule has 0 N–H and O–H groups in total. The van der Waals surface area contributed by atoms with Crippen LogP contribution in [0, 0.1) is 10.5 Å². The number of hydrogen-bond donors (Lipinski definition) is 0. The van der Waals surface area contributed by atoms with E-state index in [1.54, 1.807) is 13.2 Å². The van der Waals surface area contributed by atoms with Gasteiger partial charge < -0.3 is 9.47 Å². The molecule has 1 aromatic rings. The fraction of sp³-hybridized carbons (Fsp3) is 0.300. The summed E-state index contributed by atoms with van der Waals surface area (Å²) in [5, 5.41) is 0. The first kappa shape index (κ1) is 11.3. The van der Waals surface area contributed by atoms with Crippen LogP contribution in [0.15, 0.2) is 12.1 Å². The van der Waals surface area contributed by atoms with Crippen molar-refractivity contribution >= 4 is 28.6 Å². The van der Waals surface area contributed by atoms with Crippen molar-refractivity contribution in [3.63, 3.8) is 0 Å². The molecule has 1 rings (SSSR count). The highest BCUT2D eigenvalue weighted by Gasteiger charge is 2.14. The average Bonchev–Trinajstić information content (AvgIpc) is 2.18. The van der Waals surface area contributed by atoms with E-state index in [4.69, 9.17) is 4.74 Å². The standard InChI is InChI=1S/C10H11IO3/c1-6-7(10(12)14-3)4-5-8(11)9(6)13-2/h4-5H,1-3H3. The highest BCUT2D eigenvalue weighted by Crippen LogP contribution is 2.27. The van der Waals surface area contributed by atoms with E-state index in [0.29, 0.717) is 5.56 Å². The van der Waals surface area contributed by atoms with Gasteiger partial charge in [-0.25, -0.2) is 4.79 Å². The van der Waals surface area contributed by atoms with Crippen molar-refractivity contribution in [2.75, 3.05) is 14.2 Å². The second-order valence-electron chi connectivity index (χ2n) is 2.74. The molecular formula is C10H11IO3. The number of hydrogen-bond acceptors (Lipinski definition) is 3. The fourth-order valence-corrected chi connectivity index (χ4v) is 2.04. The zero-order chi connectivity index (χ0) is 10.7. The number of halogens is 1. The van der Waals surface area contributed by atoms with Crippen LogP contribution in [-0.4, -0.2) is 20.2 Å². The molecule has 0 radical (unpaired) electrons. The molecule has 0 aliphatic heterocycles. The molecule has 0 amide bonds. The summed E-state index contributed by atoms with van der Waals surface area (Å²) in [7, 11) is 2.96. The Bertz CT molecular complexity index is 361. The van der Waals surface area contributed by atoms with Crippen LogP contribution in [-0.2, 0) is 4.74 Å². The number of esters is 1. The molecule has 0 unspecified atom stereocenters. The zero-order valence-electron chi connectivity index (χ0n) is 8.26. The van der Waals surface area contributed by atoms with Crippen molar-refractivity contribution in [2.24, 2.45) is 0 Å². The van der Waals surface area contributed by atoms with Gasteiger partial charge in [0.1, 0.15) is 5.75 Å². The van der Waals surface area contributed by atoms with Gasteiger partial charge in [-0.1, -0.05) is 0 Å². The summed E-state index contributed by atoms with van der Waals surface area (Å²) in [4.78, 5) is 11.3. The molecule has 0 aromatic heterocycles. The molecule has 0 spiro atoms. The van der Waals surface area contributed by atoms with Gasteiger partial charge in [-0.15, -0.1) is 0 Å². The van der Waals surface area contributed by atoms with Crippen LogP contribution >= 0.6 is 22.6 Å². The Labute approximate surface area is 96.5 Å². The maximum absolute atomic E-state index is 11.3. The molecule has 76 valence electrons. The number of rotatable bonds is 2. The lowest BCUT2D eigenvalue weighted by Gasteiger charge is -2.10. The molecule has 4 heteroatoms. The summed E-state index contributed by atoms with van der Waals surface area (Å²) in [5.41, 5.74) is 1.36. The van der Waals surface area contributed by atoms with E-state index in [1.165, 1.54) is 7.11 Å². The summed E-state index contributed by atoms with van der Waals surface area (Å²) < 4.78 is 10.8. The first-order valence-electron chi connectivity index (χ1n) is 4.03. The lowest BCUT2D eigenvalue weighted by Crippen LogP contribution is -2.05. The van der Waals surface area contributed by atoms with Gasteiger partial charge >= 0.3 is 5.97 Å². The summed E-state index contributed by atoms with van der Waals surface area (Å²) in [6, 6.07) is 3.57. The fourth-order valence-electron chi connectivity index (χ4n) is 1.24. The highest BCUT2D eigenvalue weighted by atomic mass is 127. The summed E-state index contributed by atoms with van der Waals surface area (Å²) >= 11 is 2.16. The van der Waals surface area contributed by atoms with Gasteiger partial charge in [-0.05, 0) is 41.6 Å². The highest BCUT2D eigenvalue weighted by molar-refractivity contribution is 14.1. The van der Waals surface area contributed by atoms with E-state index in [2.05, 4.69) is 27.3 Å². The van der Waals surface area contributed by atoms with Crippen LogP contribution in [0.25, 0.3) is 0 Å². The van der Waals surface area contributed by atoms with Crippen LogP contribution in [0.2, 0.25) is 0 Å². The molecule has 0 aliphatic rings. The third kappa shape index (κ3) is 2.00. The normalized spacial score (nSPS) is 9.71. The first-order chi connectivity index (χ1) is 6.61. The molecular weight excluding hydrogens is 295 g/mol. The van der Waals surface area contributed by atoms with Crippen LogP contribution in [0.5, 0.6) is 5.75 Å². The van der Waals surface area contributed by atoms with E-state index < -0.39 is 0 Å². The molecule has 0 heterocycles. The van der Waals surface area contributed by atoms with Gasteiger partial charge in [-0.2, -0.15) is 0 Å². The molecule has 3 nitrogen and oxygen atoms in total. The first-order valence-corrected chi connectivity index (χ1v) is 5.11. The molecule has 0 fully saturated rings. The summed E-state index contributed by atoms with van der Waals surface area (Å²) in [6.45, 7) is 1.84. The smallest absolute Gasteiger partial charge is 0.338 e. The van der Waals surface area contributed by atoms with E-state index >= 15 is 0 Å². The topological polar surface area (TPSA) is 35.5 Å². The quantitative estimate of drug-likeness (QED) is 0.622. The van der Waals surface area contributed by atoms with Gasteiger partial charge in [-0.3, -0.25) is 0 Å². The second kappa shape index (κ2) is 4.63. The number of carbonyl (C=O) groups is 1. The largest absolute Gasteiger partial charge is 0.495 e. The Hall–Kier alpha value is -0.780. The predicted molar refractivity (Wildman–Crippen MR) is 61.8 cm³/mol. The average molecular weight is 306 g/mol. The Kier molecular flexibility index (Phi) is 3.74. The monoisotopic (exact) mass is 306 g/mol. The van der Waals surface area contributed by atoms with Gasteiger partial charge in [0.2, 0.25) is 0 Å². The van der Waals surface area contributed by atoms with E-state index in [9.17, 15) is 4.79 Å². The molecule has 1 aromatic carbocycles. The van der Waals surface area contributed by atoms with E-state index in [0.717, 1.165) is 14.9 Å². The van der Waals surface area contributed by atoms with Crippen molar-refractivity contribution in [3.05, 3.63) is 26.8 Å². The maximum atomic E-state index is 11.3. The molecule has 0 saturated carbocycles. The maximum Gasteiger partial charge on any atom is 0.338 e. The third-order valence-corrected chi connectivity index (χ3v) is 2.82. The molecule has 14 heavy (non-hydrogen) atoms. The summed E-state index contributed by atoms with van der Waals surface area (Å²) in [6.07, 6.45) is 0. The van der Waals surface area contributed by atoms with Crippen molar-refractivity contribution in [2.45, 2.75) is 6.92 Å². The predicted octanol–water partition coefficient (Wildman–Crippen LogP) is 2.39. The van der Waals surface area contributed by atoms with Crippen LogP contribution in [0.3, 0.4) is 0 Å². The van der Waals surface area contributed by atoms with Crippen molar-refractivity contribution in [3.8, 4) is 5.75 Å². The van der Waals surface area contributed by atoms with Crippen molar-refractivity contribution < 1.29 is 14.3 Å². The Balaban J connectivity index is 3.28. The minimum Gasteiger partial charge on any atom is -0.495 e. The minimum absolute atomic E-state index is 0.336. The van der Waals surface area contributed by atoms with Crippen molar-refractivity contribution in [1.29, 1.82) is 0 Å². The second-order valence-corrected chi connectivity index (χ2v) is 3.91. The number of carbonyl (C=O) groups excluding carboxylic acids is 1. The molecule has 0 atom stereocenters. The minimum atomic E-state index is -0.336. The van der Waals surface area contributed by atoms with E-state index in [1.807, 2.05) is 13.0 Å². The Morgan fingerprint density at radius 3 is 2.50 bits per heavy atom. The van der Waals surface area contributed by atoms with Gasteiger partial charge in [0.05, 0.1) is 23.4 Å². The zero-order valence-corrected chi connectivity index (χ0v) is 10.4. The molecule has 0 bridgehead atoms. The molecule has 0 saturated heterocycles. The van der Waals surface area contributed by atoms with Crippen LogP contribution < -0.4 is 4.74 Å². The third-order valence-electron chi connectivity index (χ3n) is 1.97. The van der Waals surface area contributed by atoms with Gasteiger partial charge in [0.25, 0.3) is 0 Å². The van der Waals surface area contributed by atoms with Gasteiger partial charge in [0, 0.05) is 5.56 Å². The lowest BCUT2D eigenvalue weighted by molar-refractivity contribution is 0.0599.